The van der Waals surface area contributed by atoms with Gasteiger partial charge in [0.1, 0.15) is 29.7 Å². The maximum Gasteiger partial charge on any atom is 0.265 e. The van der Waals surface area contributed by atoms with Crippen LogP contribution < -0.4 is 20.3 Å². The highest BCUT2D eigenvalue weighted by atomic mass is 19.2. The van der Waals surface area contributed by atoms with Gasteiger partial charge in [-0.3, -0.25) is 10.0 Å². The van der Waals surface area contributed by atoms with Crippen molar-refractivity contribution in [3.8, 4) is 11.5 Å². The van der Waals surface area contributed by atoms with Gasteiger partial charge >= 0.3 is 0 Å². The van der Waals surface area contributed by atoms with E-state index in [1.54, 1.807) is 13.8 Å². The molecule has 0 aliphatic rings. The molecule has 0 saturated heterocycles. The van der Waals surface area contributed by atoms with E-state index in [-0.39, 0.29) is 34.4 Å². The summed E-state index contributed by atoms with van der Waals surface area (Å²) in [5, 5.41) is 13.7. The molecule has 0 bridgehead atoms. The number of carbonyl (C=O) groups is 1. The molecule has 3 N–H and O–H groups in total. The molecule has 0 saturated carbocycles. The largest absolute Gasteiger partial charge is 0.489 e. The number of hydrogen-bond donors (Lipinski definition) is 2. The summed E-state index contributed by atoms with van der Waals surface area (Å²) >= 11 is 0. The van der Waals surface area contributed by atoms with Gasteiger partial charge in [0.25, 0.3) is 5.91 Å². The smallest absolute Gasteiger partial charge is 0.265 e. The number of hydrogen-bond acceptors (Lipinski definition) is 7. The fourth-order valence-electron chi connectivity index (χ4n) is 2.74. The first kappa shape index (κ1) is 25.7. The molecule has 0 radical (unpaired) electrons. The second-order valence-corrected chi connectivity index (χ2v) is 7.17. The Morgan fingerprint density at radius 2 is 1.76 bits per heavy atom. The first-order chi connectivity index (χ1) is 15.5. The van der Waals surface area contributed by atoms with Gasteiger partial charge in [0.15, 0.2) is 11.2 Å². The van der Waals surface area contributed by atoms with Crippen LogP contribution in [0.5, 0.6) is 11.5 Å². The predicted molar refractivity (Wildman–Crippen MR) is 116 cm³/mol. The Labute approximate surface area is 189 Å². The van der Waals surface area contributed by atoms with Crippen molar-refractivity contribution < 1.29 is 32.8 Å². The van der Waals surface area contributed by atoms with Crippen molar-refractivity contribution in [1.82, 2.24) is 5.45 Å². The first-order valence-corrected chi connectivity index (χ1v) is 9.90. The van der Waals surface area contributed by atoms with Crippen LogP contribution in [0.2, 0.25) is 0 Å². The minimum atomic E-state index is -0.963. The molecule has 1 amide bonds. The van der Waals surface area contributed by atoms with Gasteiger partial charge in [-0.25, -0.2) is 13.8 Å². The summed E-state index contributed by atoms with van der Waals surface area (Å²) in [7, 11) is 0. The minimum Gasteiger partial charge on any atom is -0.489 e. The minimum absolute atomic E-state index is 0.0181. The fourth-order valence-corrected chi connectivity index (χ4v) is 2.74. The number of benzene rings is 2. The van der Waals surface area contributed by atoms with Crippen molar-refractivity contribution in [2.45, 2.75) is 33.8 Å². The summed E-state index contributed by atoms with van der Waals surface area (Å²) in [5.41, 5.74) is 4.50. The normalized spacial score (nSPS) is 12.4. The molecule has 1 unspecified atom stereocenters. The first-order valence-electron chi connectivity index (χ1n) is 9.90. The summed E-state index contributed by atoms with van der Waals surface area (Å²) in [5.74, 6) is -2.61. The van der Waals surface area contributed by atoms with Crippen molar-refractivity contribution in [2.24, 2.45) is 16.8 Å². The van der Waals surface area contributed by atoms with E-state index < -0.39 is 29.6 Å². The lowest BCUT2D eigenvalue weighted by Gasteiger charge is -2.22. The van der Waals surface area contributed by atoms with Gasteiger partial charge in [-0.15, -0.1) is 0 Å². The van der Waals surface area contributed by atoms with E-state index in [0.717, 1.165) is 17.1 Å². The number of primary amides is 1. The zero-order chi connectivity index (χ0) is 24.7. The van der Waals surface area contributed by atoms with Crippen LogP contribution in [0.25, 0.3) is 0 Å². The van der Waals surface area contributed by atoms with Crippen molar-refractivity contribution in [1.29, 1.82) is 0 Å². The monoisotopic (exact) mass is 466 g/mol. The molecule has 178 valence electrons. The summed E-state index contributed by atoms with van der Waals surface area (Å²) < 4.78 is 47.2. The Morgan fingerprint density at radius 3 is 2.21 bits per heavy atom. The second-order valence-electron chi connectivity index (χ2n) is 7.17. The number of ether oxygens (including phenoxy) is 1. The Balaban J connectivity index is 2.27. The highest BCUT2D eigenvalue weighted by Gasteiger charge is 2.20. The average Bonchev–Trinajstić information content (AvgIpc) is 2.73. The molecular weight excluding hydrogens is 441 g/mol. The number of nitrogens with zero attached hydrogens (tertiary/aromatic N) is 3. The number of rotatable bonds is 11. The molecule has 2 aromatic rings. The number of carbonyl (C=O) groups excluding carboxylic acids is 1. The highest BCUT2D eigenvalue weighted by Crippen LogP contribution is 2.27. The fraction of sp³-hybridized carbons (Fsp3) is 0.273. The number of halogens is 3. The third-order valence-corrected chi connectivity index (χ3v) is 4.66. The molecule has 8 nitrogen and oxygen atoms in total. The second kappa shape index (κ2) is 11.3. The van der Waals surface area contributed by atoms with E-state index in [9.17, 15) is 18.1 Å². The molecule has 11 heteroatoms. The zero-order valence-electron chi connectivity index (χ0n) is 18.4. The molecular formula is C22H25F3N4O4. The van der Waals surface area contributed by atoms with Crippen LogP contribution in [0.1, 0.15) is 32.8 Å². The van der Waals surface area contributed by atoms with Gasteiger partial charge in [-0.2, -0.15) is 5.10 Å². The third-order valence-electron chi connectivity index (χ3n) is 4.66. The molecule has 0 fully saturated rings. The summed E-state index contributed by atoms with van der Waals surface area (Å²) in [6.07, 6.45) is 0.587. The van der Waals surface area contributed by atoms with Gasteiger partial charge in [0.2, 0.25) is 0 Å². The van der Waals surface area contributed by atoms with Crippen LogP contribution in [0.4, 0.5) is 18.9 Å². The number of hydrazone groups is 1. The van der Waals surface area contributed by atoms with Gasteiger partial charge in [-0.05, 0) is 37.6 Å². The van der Waals surface area contributed by atoms with Crippen molar-refractivity contribution >= 4 is 17.3 Å². The van der Waals surface area contributed by atoms with Crippen LogP contribution in [0.15, 0.2) is 53.8 Å². The molecule has 2 aromatic carbocycles. The molecule has 2 rings (SSSR count). The van der Waals surface area contributed by atoms with Gasteiger partial charge in [0.05, 0.1) is 11.3 Å². The van der Waals surface area contributed by atoms with Gasteiger partial charge < -0.3 is 15.3 Å². The molecule has 0 heterocycles. The number of allylic oxidation sites excluding steroid dienone is 1. The predicted octanol–water partition coefficient (Wildman–Crippen LogP) is 4.64. The molecule has 0 aliphatic heterocycles. The molecule has 1 atom stereocenters. The average molecular weight is 466 g/mol. The standard InChI is InChI=1S/C22H25F3N4O4/c1-5-14(4)21(22(26)30)27-28(13(2)3)15-10-19(23)18(20(24)11-15)12-32-16-6-8-17(9-7-16)33-29(25)31/h6-11,14,31H,2,5,12H2,1,3-4H3,(H2,26,30)/b27-21+. The van der Waals surface area contributed by atoms with Crippen LogP contribution in [-0.4, -0.2) is 22.3 Å². The van der Waals surface area contributed by atoms with E-state index in [4.69, 9.17) is 15.7 Å². The SMILES string of the molecule is C=C(C)N(/N=C(/C(N)=O)C(C)CC)c1cc(F)c(COc2ccc(ON(O)F)cc2)c(F)c1. The van der Waals surface area contributed by atoms with Crippen molar-refractivity contribution in [3.63, 3.8) is 0 Å². The quantitative estimate of drug-likeness (QED) is 0.284. The van der Waals surface area contributed by atoms with Gasteiger partial charge in [-0.1, -0.05) is 24.9 Å². The van der Waals surface area contributed by atoms with E-state index in [1.807, 2.05) is 6.92 Å². The lowest BCUT2D eigenvalue weighted by molar-refractivity contribution is -0.397. The third kappa shape index (κ3) is 6.96. The number of nitrogens with two attached hydrogens (primary N) is 1. The Bertz CT molecular complexity index is 1010. The summed E-state index contributed by atoms with van der Waals surface area (Å²) in [6.45, 7) is 8.50. The topological polar surface area (TPSA) is 101 Å². The Hall–Kier alpha value is -3.57. The zero-order valence-corrected chi connectivity index (χ0v) is 18.4. The summed E-state index contributed by atoms with van der Waals surface area (Å²) in [4.78, 5) is 16.1. The van der Waals surface area contributed by atoms with Crippen LogP contribution in [-0.2, 0) is 11.4 Å². The molecule has 0 aromatic heterocycles. The van der Waals surface area contributed by atoms with E-state index >= 15 is 0 Å². The summed E-state index contributed by atoms with van der Waals surface area (Å²) in [6, 6.07) is 7.38. The van der Waals surface area contributed by atoms with E-state index in [1.165, 1.54) is 24.3 Å². The molecule has 0 spiro atoms. The van der Waals surface area contributed by atoms with Crippen LogP contribution in [0.3, 0.4) is 0 Å². The Kier molecular flexibility index (Phi) is 8.83. The van der Waals surface area contributed by atoms with E-state index in [2.05, 4.69) is 16.5 Å². The molecule has 0 aliphatic carbocycles. The highest BCUT2D eigenvalue weighted by molar-refractivity contribution is 6.39. The van der Waals surface area contributed by atoms with Crippen LogP contribution >= 0.6 is 0 Å². The van der Waals surface area contributed by atoms with Crippen molar-refractivity contribution in [2.75, 3.05) is 5.01 Å². The van der Waals surface area contributed by atoms with Gasteiger partial charge in [0, 0.05) is 23.7 Å². The van der Waals surface area contributed by atoms with E-state index in [0.29, 0.717) is 12.1 Å². The molecule has 33 heavy (non-hydrogen) atoms. The number of anilines is 1. The maximum atomic E-state index is 14.8. The Morgan fingerprint density at radius 1 is 1.21 bits per heavy atom. The lowest BCUT2D eigenvalue weighted by atomic mass is 10.0. The number of amides is 1. The van der Waals surface area contributed by atoms with Crippen molar-refractivity contribution in [3.05, 3.63) is 65.9 Å². The lowest BCUT2D eigenvalue weighted by Crippen LogP contribution is -2.32. The van der Waals surface area contributed by atoms with Crippen LogP contribution in [0, 0.1) is 17.6 Å². The maximum absolute atomic E-state index is 14.8.